The Morgan fingerprint density at radius 2 is 1.25 bits per heavy atom. The van der Waals surface area contributed by atoms with Crippen LogP contribution in [0.15, 0.2) is 36.4 Å². The molecule has 16 heavy (non-hydrogen) atoms. The summed E-state index contributed by atoms with van der Waals surface area (Å²) in [5.41, 5.74) is 0.0194. The van der Waals surface area contributed by atoms with E-state index in [4.69, 9.17) is 10.4 Å². The maximum absolute atomic E-state index is 11.0. The molecule has 2 aromatic carbocycles. The molecule has 2 unspecified atom stereocenters. The van der Waals surface area contributed by atoms with E-state index < -0.39 is 10.5 Å². The van der Waals surface area contributed by atoms with E-state index >= 15 is 0 Å². The van der Waals surface area contributed by atoms with Crippen molar-refractivity contribution < 1.29 is 20.9 Å². The molecule has 0 saturated carbocycles. The summed E-state index contributed by atoms with van der Waals surface area (Å²) in [5.74, 6) is 0. The van der Waals surface area contributed by atoms with Crippen LogP contribution in [0.1, 0.15) is 0 Å². The normalized spacial score (nSPS) is 15.0. The third kappa shape index (κ3) is 1.76. The quantitative estimate of drug-likeness (QED) is 0.522. The van der Waals surface area contributed by atoms with Crippen LogP contribution in [-0.4, -0.2) is 10.4 Å². The minimum atomic E-state index is -1.13. The average molecular weight is 222 g/mol. The molecule has 0 saturated heterocycles. The van der Waals surface area contributed by atoms with Crippen LogP contribution >= 0.6 is 0 Å². The van der Waals surface area contributed by atoms with Gasteiger partial charge in [-0.15, -0.1) is 0 Å². The van der Waals surface area contributed by atoms with Crippen LogP contribution in [0.25, 0.3) is 10.8 Å². The number of benzene rings is 2. The summed E-state index contributed by atoms with van der Waals surface area (Å²) in [7, 11) is 0. The molecule has 6 heteroatoms. The minimum absolute atomic E-state index is 0.00972. The molecule has 2 atom stereocenters. The highest BCUT2D eigenvalue weighted by Crippen LogP contribution is 2.25. The summed E-state index contributed by atoms with van der Waals surface area (Å²) >= 11 is 0. The summed E-state index contributed by atoms with van der Waals surface area (Å²) in [6, 6.07) is 9.37. The highest BCUT2D eigenvalue weighted by atomic mass is 16.8. The lowest BCUT2D eigenvalue weighted by Crippen LogP contribution is -3.00. The minimum Gasteiger partial charge on any atom is -0.595 e. The molecule has 6 nitrogen and oxygen atoms in total. The fourth-order valence-corrected chi connectivity index (χ4v) is 1.70. The molecule has 0 fully saturated rings. The third-order valence-electron chi connectivity index (χ3n) is 2.37. The van der Waals surface area contributed by atoms with Crippen LogP contribution in [0.4, 0.5) is 11.4 Å². The number of nitrogens with one attached hydrogen (secondary N) is 2. The van der Waals surface area contributed by atoms with E-state index in [-0.39, 0.29) is 16.8 Å². The zero-order valence-electron chi connectivity index (χ0n) is 8.18. The summed E-state index contributed by atoms with van der Waals surface area (Å²) in [6.07, 6.45) is 0. The van der Waals surface area contributed by atoms with E-state index in [1.54, 1.807) is 24.3 Å². The van der Waals surface area contributed by atoms with Gasteiger partial charge in [-0.25, -0.2) is 10.4 Å². The monoisotopic (exact) mass is 222 g/mol. The molecule has 4 N–H and O–H groups in total. The van der Waals surface area contributed by atoms with E-state index in [2.05, 4.69) is 0 Å². The lowest BCUT2D eigenvalue weighted by Gasteiger charge is -2.18. The predicted molar refractivity (Wildman–Crippen MR) is 55.5 cm³/mol. The Labute approximate surface area is 90.6 Å². The molecule has 0 aliphatic rings. The molecular weight excluding hydrogens is 212 g/mol. The third-order valence-corrected chi connectivity index (χ3v) is 2.37. The van der Waals surface area contributed by atoms with Gasteiger partial charge in [0.2, 0.25) is 0 Å². The molecule has 2 aromatic rings. The fourth-order valence-electron chi connectivity index (χ4n) is 1.70. The number of fused-ring (bicyclic) bond motifs is 1. The van der Waals surface area contributed by atoms with Crippen LogP contribution < -0.4 is 10.5 Å². The molecule has 0 bridgehead atoms. The van der Waals surface area contributed by atoms with Gasteiger partial charge in [-0.2, -0.15) is 10.5 Å². The van der Waals surface area contributed by atoms with Crippen LogP contribution in [-0.2, 0) is 0 Å². The summed E-state index contributed by atoms with van der Waals surface area (Å²) in [6.45, 7) is 0. The van der Waals surface area contributed by atoms with Crippen molar-refractivity contribution in [3.63, 3.8) is 0 Å². The first-order valence-electron chi connectivity index (χ1n) is 4.59. The zero-order valence-corrected chi connectivity index (χ0v) is 8.18. The van der Waals surface area contributed by atoms with Crippen molar-refractivity contribution in [2.45, 2.75) is 0 Å². The van der Waals surface area contributed by atoms with Gasteiger partial charge < -0.3 is 10.4 Å². The van der Waals surface area contributed by atoms with E-state index in [0.29, 0.717) is 5.39 Å². The van der Waals surface area contributed by atoms with Crippen molar-refractivity contribution in [2.75, 3.05) is 0 Å². The highest BCUT2D eigenvalue weighted by molar-refractivity contribution is 5.97. The van der Waals surface area contributed by atoms with Gasteiger partial charge in [0, 0.05) is 12.1 Å². The molecular formula is C10H10N2O4. The Balaban J connectivity index is 2.82. The van der Waals surface area contributed by atoms with Crippen LogP contribution in [0.5, 0.6) is 0 Å². The van der Waals surface area contributed by atoms with Gasteiger partial charge >= 0.3 is 0 Å². The van der Waals surface area contributed by atoms with Gasteiger partial charge in [-0.1, -0.05) is 24.3 Å². The standard InChI is InChI=1S/C10H10N2O4/c13-11(14)8-5-1-3-7-4-2-6-9(10(7)8)12(15)16/h1-6,11-13,15H. The Bertz CT molecular complexity index is 470. The molecule has 0 aliphatic heterocycles. The Kier molecular flexibility index (Phi) is 2.84. The largest absolute Gasteiger partial charge is 0.595 e. The van der Waals surface area contributed by atoms with E-state index in [1.165, 1.54) is 12.1 Å². The van der Waals surface area contributed by atoms with Gasteiger partial charge in [-0.05, 0) is 5.39 Å². The van der Waals surface area contributed by atoms with Gasteiger partial charge in [0.15, 0.2) is 11.4 Å². The summed E-state index contributed by atoms with van der Waals surface area (Å²) in [4.78, 5) is 0. The van der Waals surface area contributed by atoms with Gasteiger partial charge in [0.25, 0.3) is 0 Å². The SMILES string of the molecule is [O-][NH+](O)c1cccc2cccc([NH+]([O-])O)c12. The Hall–Kier alpha value is -1.54. The lowest BCUT2D eigenvalue weighted by molar-refractivity contribution is -0.994. The second-order valence-electron chi connectivity index (χ2n) is 3.32. The maximum atomic E-state index is 11.0. The van der Waals surface area contributed by atoms with Crippen LogP contribution in [0.2, 0.25) is 0 Å². The van der Waals surface area contributed by atoms with Crippen molar-refractivity contribution in [1.29, 1.82) is 0 Å². The Morgan fingerprint density at radius 3 is 1.62 bits per heavy atom. The van der Waals surface area contributed by atoms with E-state index in [1.807, 2.05) is 0 Å². The first-order chi connectivity index (χ1) is 7.61. The zero-order chi connectivity index (χ0) is 11.7. The first kappa shape index (κ1) is 11.0. The number of rotatable bonds is 2. The summed E-state index contributed by atoms with van der Waals surface area (Å²) in [5, 5.41) is 38.6. The number of quaternary nitrogens is 2. The van der Waals surface area contributed by atoms with Crippen molar-refractivity contribution >= 4 is 22.1 Å². The van der Waals surface area contributed by atoms with Crippen molar-refractivity contribution in [1.82, 2.24) is 0 Å². The highest BCUT2D eigenvalue weighted by Gasteiger charge is 2.15. The molecule has 0 spiro atoms. The predicted octanol–water partition coefficient (Wildman–Crippen LogP) is -0.353. The molecule has 0 amide bonds. The molecule has 0 radical (unpaired) electrons. The summed E-state index contributed by atoms with van der Waals surface area (Å²) < 4.78 is 0. The smallest absolute Gasteiger partial charge is 0.177 e. The lowest BCUT2D eigenvalue weighted by atomic mass is 10.1. The topological polar surface area (TPSA) is 95.5 Å². The van der Waals surface area contributed by atoms with E-state index in [9.17, 15) is 10.4 Å². The molecule has 2 rings (SSSR count). The molecule has 0 aliphatic carbocycles. The second-order valence-corrected chi connectivity index (χ2v) is 3.32. The van der Waals surface area contributed by atoms with Gasteiger partial charge in [0.05, 0.1) is 0 Å². The average Bonchev–Trinajstić information content (AvgIpc) is 2.27. The van der Waals surface area contributed by atoms with Crippen LogP contribution in [0, 0.1) is 10.4 Å². The molecule has 84 valence electrons. The van der Waals surface area contributed by atoms with Crippen LogP contribution in [0.3, 0.4) is 0 Å². The first-order valence-corrected chi connectivity index (χ1v) is 4.59. The van der Waals surface area contributed by atoms with Crippen molar-refractivity contribution in [3.8, 4) is 0 Å². The van der Waals surface area contributed by atoms with Crippen molar-refractivity contribution in [2.24, 2.45) is 0 Å². The molecule has 0 aromatic heterocycles. The maximum Gasteiger partial charge on any atom is 0.177 e. The van der Waals surface area contributed by atoms with Gasteiger partial charge in [0.1, 0.15) is 5.39 Å². The molecule has 0 heterocycles. The van der Waals surface area contributed by atoms with Gasteiger partial charge in [-0.3, -0.25) is 0 Å². The number of hydrogen-bond acceptors (Lipinski definition) is 4. The Morgan fingerprint density at radius 1 is 0.812 bits per heavy atom. The van der Waals surface area contributed by atoms with Crippen molar-refractivity contribution in [3.05, 3.63) is 46.8 Å². The number of hydrogen-bond donors (Lipinski definition) is 4. The second kappa shape index (κ2) is 4.14. The van der Waals surface area contributed by atoms with E-state index in [0.717, 1.165) is 0 Å². The fraction of sp³-hybridized carbons (Fsp3) is 0.